The summed E-state index contributed by atoms with van der Waals surface area (Å²) in [6.07, 6.45) is -2.84. The van der Waals surface area contributed by atoms with Gasteiger partial charge in [-0.3, -0.25) is 4.79 Å². The maximum Gasteiger partial charge on any atom is 0.290 e. The van der Waals surface area contributed by atoms with E-state index in [2.05, 4.69) is 4.74 Å². The molecule has 0 aromatic carbocycles. The molecular weight excluding hydrogens is 184 g/mol. The van der Waals surface area contributed by atoms with E-state index in [-0.39, 0.29) is 5.75 Å². The fourth-order valence-corrected chi connectivity index (χ4v) is 0.846. The van der Waals surface area contributed by atoms with Crippen LogP contribution in [0.25, 0.3) is 0 Å². The fourth-order valence-electron chi connectivity index (χ4n) is 0.846. The average molecular weight is 191 g/mol. The van der Waals surface area contributed by atoms with Gasteiger partial charge in [0.2, 0.25) is 0 Å². The molecule has 0 fully saturated rings. The van der Waals surface area contributed by atoms with E-state index in [4.69, 9.17) is 5.11 Å². The predicted molar refractivity (Wildman–Crippen MR) is 40.2 cm³/mol. The van der Waals surface area contributed by atoms with E-state index >= 15 is 0 Å². The summed E-state index contributed by atoms with van der Waals surface area (Å²) in [5.74, 6) is -0.895. The van der Waals surface area contributed by atoms with Crippen molar-refractivity contribution >= 4 is 0 Å². The van der Waals surface area contributed by atoms with Gasteiger partial charge in [0.05, 0.1) is 7.11 Å². The number of pyridine rings is 1. The monoisotopic (exact) mass is 191 g/mol. The summed E-state index contributed by atoms with van der Waals surface area (Å²) in [5.41, 5.74) is -1.60. The Balaban J connectivity index is 3.33. The van der Waals surface area contributed by atoms with Crippen LogP contribution >= 0.6 is 0 Å². The first-order chi connectivity index (χ1) is 6.06. The Morgan fingerprint density at radius 1 is 1.62 bits per heavy atom. The highest BCUT2D eigenvalue weighted by atomic mass is 19.3. The molecule has 0 unspecified atom stereocenters. The van der Waals surface area contributed by atoms with Gasteiger partial charge < -0.3 is 14.8 Å². The molecule has 13 heavy (non-hydrogen) atoms. The van der Waals surface area contributed by atoms with Crippen LogP contribution in [0.5, 0.6) is 11.5 Å². The second-order valence-electron chi connectivity index (χ2n) is 2.27. The van der Waals surface area contributed by atoms with Crippen LogP contribution in [-0.4, -0.2) is 17.2 Å². The third-order valence-corrected chi connectivity index (χ3v) is 1.45. The highest BCUT2D eigenvalue weighted by molar-refractivity contribution is 5.34. The average Bonchev–Trinajstić information content (AvgIpc) is 2.08. The van der Waals surface area contributed by atoms with E-state index in [9.17, 15) is 13.6 Å². The molecule has 72 valence electrons. The van der Waals surface area contributed by atoms with Gasteiger partial charge in [-0.1, -0.05) is 0 Å². The van der Waals surface area contributed by atoms with Gasteiger partial charge in [0, 0.05) is 6.07 Å². The molecule has 0 atom stereocenters. The van der Waals surface area contributed by atoms with Crippen LogP contribution < -0.4 is 10.3 Å². The summed E-state index contributed by atoms with van der Waals surface area (Å²) in [6, 6.07) is 0.848. The maximum absolute atomic E-state index is 12.2. The van der Waals surface area contributed by atoms with Gasteiger partial charge in [-0.2, -0.15) is 0 Å². The molecule has 0 aliphatic heterocycles. The Hall–Kier alpha value is -1.59. The first kappa shape index (κ1) is 9.50. The first-order valence-corrected chi connectivity index (χ1v) is 3.34. The fraction of sp³-hybridized carbons (Fsp3) is 0.286. The van der Waals surface area contributed by atoms with E-state index in [0.29, 0.717) is 0 Å². The summed E-state index contributed by atoms with van der Waals surface area (Å²) < 4.78 is 28.9. The van der Waals surface area contributed by atoms with Gasteiger partial charge in [-0.25, -0.2) is 8.78 Å². The van der Waals surface area contributed by atoms with Crippen molar-refractivity contribution < 1.29 is 18.6 Å². The van der Waals surface area contributed by atoms with Gasteiger partial charge in [0.1, 0.15) is 11.4 Å². The molecule has 1 rings (SSSR count). The zero-order valence-electron chi connectivity index (χ0n) is 6.67. The molecule has 4 nitrogen and oxygen atoms in total. The van der Waals surface area contributed by atoms with Crippen molar-refractivity contribution in [1.29, 1.82) is 0 Å². The predicted octanol–water partition coefficient (Wildman–Crippen LogP) is 1.03. The van der Waals surface area contributed by atoms with E-state index < -0.39 is 23.4 Å². The largest absolute Gasteiger partial charge is 0.503 e. The van der Waals surface area contributed by atoms with E-state index in [1.807, 2.05) is 4.98 Å². The van der Waals surface area contributed by atoms with Crippen LogP contribution in [0.2, 0.25) is 0 Å². The number of H-pyrrole nitrogens is 1. The zero-order valence-corrected chi connectivity index (χ0v) is 6.67. The van der Waals surface area contributed by atoms with Crippen molar-refractivity contribution in [2.75, 3.05) is 7.11 Å². The Kier molecular flexibility index (Phi) is 2.50. The molecule has 1 heterocycles. The lowest BCUT2D eigenvalue weighted by Gasteiger charge is -2.06. The number of methoxy groups -OCH3 is 1. The van der Waals surface area contributed by atoms with Crippen molar-refractivity contribution in [1.82, 2.24) is 4.98 Å². The molecule has 0 saturated carbocycles. The molecule has 2 N–H and O–H groups in total. The van der Waals surface area contributed by atoms with Crippen LogP contribution in [-0.2, 0) is 0 Å². The number of alkyl halides is 2. The highest BCUT2D eigenvalue weighted by Crippen LogP contribution is 2.27. The number of aromatic hydroxyl groups is 1. The first-order valence-electron chi connectivity index (χ1n) is 3.34. The Morgan fingerprint density at radius 2 is 2.23 bits per heavy atom. The van der Waals surface area contributed by atoms with Crippen molar-refractivity contribution in [2.24, 2.45) is 0 Å². The van der Waals surface area contributed by atoms with E-state index in [0.717, 1.165) is 6.07 Å². The van der Waals surface area contributed by atoms with Gasteiger partial charge in [0.15, 0.2) is 5.75 Å². The molecule has 0 aliphatic carbocycles. The number of nitrogens with one attached hydrogen (secondary N) is 1. The molecule has 0 spiro atoms. The molecule has 0 saturated heterocycles. The highest BCUT2D eigenvalue weighted by Gasteiger charge is 2.16. The SMILES string of the molecule is COc1cc(O)c(=O)[nH]c1C(F)F. The normalized spacial score (nSPS) is 10.5. The van der Waals surface area contributed by atoms with Gasteiger partial charge in [-0.05, 0) is 0 Å². The number of aromatic nitrogens is 1. The van der Waals surface area contributed by atoms with E-state index in [1.54, 1.807) is 0 Å². The van der Waals surface area contributed by atoms with Crippen molar-refractivity contribution in [3.05, 3.63) is 22.1 Å². The topological polar surface area (TPSA) is 62.3 Å². The van der Waals surface area contributed by atoms with Gasteiger partial charge in [-0.15, -0.1) is 0 Å². The van der Waals surface area contributed by atoms with Crippen LogP contribution in [0, 0.1) is 0 Å². The van der Waals surface area contributed by atoms with Crippen molar-refractivity contribution in [2.45, 2.75) is 6.43 Å². The maximum atomic E-state index is 12.2. The van der Waals surface area contributed by atoms with Gasteiger partial charge >= 0.3 is 0 Å². The second-order valence-corrected chi connectivity index (χ2v) is 2.27. The van der Waals surface area contributed by atoms with Crippen LogP contribution in [0.4, 0.5) is 8.78 Å². The minimum Gasteiger partial charge on any atom is -0.503 e. The van der Waals surface area contributed by atoms with Crippen LogP contribution in [0.1, 0.15) is 12.1 Å². The molecule has 1 aromatic heterocycles. The number of ether oxygens (including phenoxy) is 1. The molecule has 0 amide bonds. The van der Waals surface area contributed by atoms with E-state index in [1.165, 1.54) is 7.11 Å². The molecule has 0 radical (unpaired) electrons. The third kappa shape index (κ3) is 1.77. The lowest BCUT2D eigenvalue weighted by molar-refractivity contribution is 0.141. The Morgan fingerprint density at radius 3 is 2.69 bits per heavy atom. The molecule has 6 heteroatoms. The van der Waals surface area contributed by atoms with Crippen molar-refractivity contribution in [3.8, 4) is 11.5 Å². The number of aromatic amines is 1. The minimum atomic E-state index is -2.84. The quantitative estimate of drug-likeness (QED) is 0.733. The molecule has 0 bridgehead atoms. The minimum absolute atomic E-state index is 0.243. The lowest BCUT2D eigenvalue weighted by atomic mass is 10.3. The van der Waals surface area contributed by atoms with Crippen LogP contribution in [0.15, 0.2) is 10.9 Å². The lowest BCUT2D eigenvalue weighted by Crippen LogP contribution is -2.10. The summed E-state index contributed by atoms with van der Waals surface area (Å²) in [6.45, 7) is 0. The summed E-state index contributed by atoms with van der Waals surface area (Å²) in [7, 11) is 1.17. The second kappa shape index (κ2) is 3.42. The zero-order chi connectivity index (χ0) is 10.0. The number of rotatable bonds is 2. The smallest absolute Gasteiger partial charge is 0.290 e. The summed E-state index contributed by atoms with van der Waals surface area (Å²) in [4.78, 5) is 12.5. The number of hydrogen-bond donors (Lipinski definition) is 2. The standard InChI is InChI=1S/C7H7F2NO3/c1-13-4-2-3(11)7(12)10-5(4)6(8)9/h2,6,11H,1H3,(H,10,12). The number of halogens is 2. The summed E-state index contributed by atoms with van der Waals surface area (Å²) >= 11 is 0. The molecule has 1 aromatic rings. The Labute approximate surface area is 71.8 Å². The Bertz CT molecular complexity index is 361. The van der Waals surface area contributed by atoms with Crippen LogP contribution in [0.3, 0.4) is 0 Å². The third-order valence-electron chi connectivity index (χ3n) is 1.45. The number of hydrogen-bond acceptors (Lipinski definition) is 3. The van der Waals surface area contributed by atoms with Gasteiger partial charge in [0.25, 0.3) is 12.0 Å². The molecular formula is C7H7F2NO3. The summed E-state index contributed by atoms with van der Waals surface area (Å²) in [5, 5.41) is 8.87. The van der Waals surface area contributed by atoms with Crippen molar-refractivity contribution in [3.63, 3.8) is 0 Å². The molecule has 0 aliphatic rings.